The number of benzene rings is 2. The molecule has 0 bridgehead atoms. The summed E-state index contributed by atoms with van der Waals surface area (Å²) in [4.78, 5) is 40.6. The van der Waals surface area contributed by atoms with Crippen LogP contribution in [0.15, 0.2) is 42.5 Å². The molecule has 8 nitrogen and oxygen atoms in total. The first-order valence-electron chi connectivity index (χ1n) is 10.8. The lowest BCUT2D eigenvalue weighted by Crippen LogP contribution is -2.38. The number of nitrogens with one attached hydrogen (secondary N) is 2. The van der Waals surface area contributed by atoms with Gasteiger partial charge in [0.25, 0.3) is 5.91 Å². The molecular formula is C24H30N4O4. The molecule has 0 radical (unpaired) electrons. The quantitative estimate of drug-likeness (QED) is 0.677. The lowest BCUT2D eigenvalue weighted by Gasteiger charge is -2.24. The van der Waals surface area contributed by atoms with Crippen LogP contribution < -0.4 is 20.4 Å². The average Bonchev–Trinajstić information content (AvgIpc) is 2.95. The summed E-state index contributed by atoms with van der Waals surface area (Å²) in [5.74, 6) is -0.523. The first-order chi connectivity index (χ1) is 15.4. The zero-order valence-electron chi connectivity index (χ0n) is 18.8. The van der Waals surface area contributed by atoms with Gasteiger partial charge in [0.1, 0.15) is 6.54 Å². The number of ether oxygens (including phenoxy) is 1. The third kappa shape index (κ3) is 5.57. The molecule has 8 heteroatoms. The number of rotatable bonds is 6. The topological polar surface area (TPSA) is 91.0 Å². The number of carbonyl (C=O) groups is 3. The van der Waals surface area contributed by atoms with Crippen molar-refractivity contribution in [2.24, 2.45) is 0 Å². The SMILES string of the molecule is CCOC(=O)CNC(=O)NCc1ccc(C(=O)N2CCCN(C)c3ccccc32)cc1C. The van der Waals surface area contributed by atoms with E-state index in [9.17, 15) is 14.4 Å². The molecule has 2 aromatic carbocycles. The summed E-state index contributed by atoms with van der Waals surface area (Å²) in [6.45, 7) is 5.54. The molecule has 1 aliphatic heterocycles. The van der Waals surface area contributed by atoms with Crippen molar-refractivity contribution in [2.75, 3.05) is 43.1 Å². The standard InChI is InChI=1S/C24H30N4O4/c1-4-32-22(29)16-26-24(31)25-15-19-11-10-18(14-17(19)2)23(30)28-13-7-12-27(3)20-8-5-6-9-21(20)28/h5-6,8-11,14H,4,7,12-13,15-16H2,1-3H3,(H2,25,26,31). The maximum Gasteiger partial charge on any atom is 0.325 e. The van der Waals surface area contributed by atoms with E-state index in [0.717, 1.165) is 35.5 Å². The number of hydrogen-bond donors (Lipinski definition) is 2. The molecule has 3 amide bonds. The normalized spacial score (nSPS) is 13.1. The van der Waals surface area contributed by atoms with Crippen LogP contribution in [0.2, 0.25) is 0 Å². The summed E-state index contributed by atoms with van der Waals surface area (Å²) in [5, 5.41) is 5.18. The van der Waals surface area contributed by atoms with E-state index in [-0.39, 0.29) is 25.6 Å². The molecule has 0 fully saturated rings. The van der Waals surface area contributed by atoms with Crippen LogP contribution in [0.3, 0.4) is 0 Å². The highest BCUT2D eigenvalue weighted by molar-refractivity contribution is 6.08. The summed E-state index contributed by atoms with van der Waals surface area (Å²) in [6, 6.07) is 13.0. The van der Waals surface area contributed by atoms with Crippen molar-refractivity contribution in [1.82, 2.24) is 10.6 Å². The Morgan fingerprint density at radius 2 is 1.78 bits per heavy atom. The van der Waals surface area contributed by atoms with Gasteiger partial charge in [-0.15, -0.1) is 0 Å². The molecule has 2 aromatic rings. The Morgan fingerprint density at radius 3 is 2.50 bits per heavy atom. The van der Waals surface area contributed by atoms with Gasteiger partial charge < -0.3 is 25.2 Å². The summed E-state index contributed by atoms with van der Waals surface area (Å²) in [5.41, 5.74) is 4.37. The Labute approximate surface area is 188 Å². The summed E-state index contributed by atoms with van der Waals surface area (Å²) < 4.78 is 4.78. The summed E-state index contributed by atoms with van der Waals surface area (Å²) >= 11 is 0. The monoisotopic (exact) mass is 438 g/mol. The van der Waals surface area contributed by atoms with Crippen molar-refractivity contribution in [1.29, 1.82) is 0 Å². The molecule has 1 aliphatic rings. The highest BCUT2D eigenvalue weighted by Crippen LogP contribution is 2.32. The Morgan fingerprint density at radius 1 is 1.03 bits per heavy atom. The zero-order valence-corrected chi connectivity index (χ0v) is 18.8. The van der Waals surface area contributed by atoms with Crippen molar-refractivity contribution in [2.45, 2.75) is 26.8 Å². The van der Waals surface area contributed by atoms with Crippen LogP contribution in [0, 0.1) is 6.92 Å². The Bertz CT molecular complexity index is 992. The van der Waals surface area contributed by atoms with E-state index in [4.69, 9.17) is 4.74 Å². The van der Waals surface area contributed by atoms with Gasteiger partial charge in [-0.05, 0) is 55.7 Å². The Kier molecular flexibility index (Phi) is 7.70. The zero-order chi connectivity index (χ0) is 23.1. The molecule has 0 saturated heterocycles. The van der Waals surface area contributed by atoms with Gasteiger partial charge in [-0.25, -0.2) is 4.79 Å². The molecule has 32 heavy (non-hydrogen) atoms. The van der Waals surface area contributed by atoms with Crippen molar-refractivity contribution < 1.29 is 19.1 Å². The van der Waals surface area contributed by atoms with Gasteiger partial charge in [-0.1, -0.05) is 18.2 Å². The van der Waals surface area contributed by atoms with Gasteiger partial charge in [0.2, 0.25) is 0 Å². The lowest BCUT2D eigenvalue weighted by atomic mass is 10.0. The Hall–Kier alpha value is -3.55. The summed E-state index contributed by atoms with van der Waals surface area (Å²) in [6.07, 6.45) is 0.888. The third-order valence-corrected chi connectivity index (χ3v) is 5.43. The predicted octanol–water partition coefficient (Wildman–Crippen LogP) is 2.84. The van der Waals surface area contributed by atoms with E-state index >= 15 is 0 Å². The molecule has 0 aliphatic carbocycles. The van der Waals surface area contributed by atoms with Crippen LogP contribution in [0.4, 0.5) is 16.2 Å². The number of fused-ring (bicyclic) bond motifs is 1. The van der Waals surface area contributed by atoms with E-state index in [1.54, 1.807) is 13.0 Å². The minimum Gasteiger partial charge on any atom is -0.465 e. The molecule has 0 unspecified atom stereocenters. The average molecular weight is 439 g/mol. The number of esters is 1. The number of anilines is 2. The van der Waals surface area contributed by atoms with Crippen molar-refractivity contribution in [3.63, 3.8) is 0 Å². The molecule has 170 valence electrons. The number of carbonyl (C=O) groups excluding carboxylic acids is 3. The molecule has 3 rings (SSSR count). The summed E-state index contributed by atoms with van der Waals surface area (Å²) in [7, 11) is 2.04. The minimum atomic E-state index is -0.483. The van der Waals surface area contributed by atoms with E-state index in [1.165, 1.54) is 0 Å². The molecule has 1 heterocycles. The molecular weight excluding hydrogens is 408 g/mol. The fourth-order valence-electron chi connectivity index (χ4n) is 3.72. The maximum absolute atomic E-state index is 13.3. The fraction of sp³-hybridized carbons (Fsp3) is 0.375. The minimum absolute atomic E-state index is 0.0393. The third-order valence-electron chi connectivity index (χ3n) is 5.43. The highest BCUT2D eigenvalue weighted by atomic mass is 16.5. The van der Waals surface area contributed by atoms with Crippen LogP contribution in [0.5, 0.6) is 0 Å². The first-order valence-corrected chi connectivity index (χ1v) is 10.8. The van der Waals surface area contributed by atoms with Crippen LogP contribution in [0.25, 0.3) is 0 Å². The van der Waals surface area contributed by atoms with E-state index in [1.807, 2.05) is 55.3 Å². The number of amides is 3. The number of urea groups is 1. The molecule has 0 atom stereocenters. The largest absolute Gasteiger partial charge is 0.465 e. The predicted molar refractivity (Wildman–Crippen MR) is 124 cm³/mol. The van der Waals surface area contributed by atoms with E-state index in [0.29, 0.717) is 12.1 Å². The second-order valence-corrected chi connectivity index (χ2v) is 7.70. The van der Waals surface area contributed by atoms with Gasteiger partial charge in [0, 0.05) is 32.2 Å². The second kappa shape index (κ2) is 10.7. The first kappa shape index (κ1) is 23.1. The lowest BCUT2D eigenvalue weighted by molar-refractivity contribution is -0.141. The number of hydrogen-bond acceptors (Lipinski definition) is 5. The van der Waals surface area contributed by atoms with Crippen LogP contribution >= 0.6 is 0 Å². The highest BCUT2D eigenvalue weighted by Gasteiger charge is 2.24. The number of aryl methyl sites for hydroxylation is 1. The molecule has 0 spiro atoms. The number of nitrogens with zero attached hydrogens (tertiary/aromatic N) is 2. The van der Waals surface area contributed by atoms with E-state index < -0.39 is 12.0 Å². The molecule has 2 N–H and O–H groups in total. The van der Waals surface area contributed by atoms with Crippen molar-refractivity contribution in [3.8, 4) is 0 Å². The maximum atomic E-state index is 13.3. The van der Waals surface area contributed by atoms with Gasteiger partial charge in [0.05, 0.1) is 18.0 Å². The van der Waals surface area contributed by atoms with Crippen LogP contribution in [-0.2, 0) is 16.1 Å². The molecule has 0 aromatic heterocycles. The van der Waals surface area contributed by atoms with Gasteiger partial charge in [0.15, 0.2) is 0 Å². The van der Waals surface area contributed by atoms with Gasteiger partial charge in [-0.2, -0.15) is 0 Å². The fourth-order valence-corrected chi connectivity index (χ4v) is 3.72. The van der Waals surface area contributed by atoms with Gasteiger partial charge in [-0.3, -0.25) is 9.59 Å². The van der Waals surface area contributed by atoms with Crippen molar-refractivity contribution in [3.05, 3.63) is 59.2 Å². The van der Waals surface area contributed by atoms with E-state index in [2.05, 4.69) is 15.5 Å². The number of para-hydroxylation sites is 2. The second-order valence-electron chi connectivity index (χ2n) is 7.70. The van der Waals surface area contributed by atoms with Gasteiger partial charge >= 0.3 is 12.0 Å². The van der Waals surface area contributed by atoms with Crippen molar-refractivity contribution >= 4 is 29.3 Å². The smallest absolute Gasteiger partial charge is 0.325 e. The Balaban J connectivity index is 1.66. The van der Waals surface area contributed by atoms with Crippen LogP contribution in [-0.4, -0.2) is 51.2 Å². The van der Waals surface area contributed by atoms with Crippen LogP contribution in [0.1, 0.15) is 34.8 Å². The molecule has 0 saturated carbocycles.